The maximum absolute atomic E-state index is 11.8. The van der Waals surface area contributed by atoms with Crippen LogP contribution in [0.1, 0.15) is 12.0 Å². The lowest BCUT2D eigenvalue weighted by Crippen LogP contribution is -2.40. The molecule has 3 N–H and O–H groups in total. The molecule has 1 unspecified atom stereocenters. The van der Waals surface area contributed by atoms with Crippen molar-refractivity contribution in [2.75, 3.05) is 27.9 Å². The molecule has 1 aromatic carbocycles. The molecule has 0 fully saturated rings. The highest BCUT2D eigenvalue weighted by Crippen LogP contribution is 2.23. The van der Waals surface area contributed by atoms with Gasteiger partial charge in [0, 0.05) is 25.8 Å². The van der Waals surface area contributed by atoms with Crippen LogP contribution in [0, 0.1) is 0 Å². The summed E-state index contributed by atoms with van der Waals surface area (Å²) in [6.07, 6.45) is 0.484. The maximum Gasteiger partial charge on any atom is 0.237 e. The van der Waals surface area contributed by atoms with Crippen LogP contribution >= 0.6 is 0 Å². The summed E-state index contributed by atoms with van der Waals surface area (Å²) < 4.78 is 15.3. The summed E-state index contributed by atoms with van der Waals surface area (Å²) >= 11 is 0. The molecule has 1 atom stereocenters. The summed E-state index contributed by atoms with van der Waals surface area (Å²) in [5.74, 6) is 1.18. The van der Waals surface area contributed by atoms with E-state index in [1.54, 1.807) is 33.5 Å². The number of amides is 1. The van der Waals surface area contributed by atoms with Gasteiger partial charge in [0.2, 0.25) is 5.91 Å². The predicted octanol–water partition coefficient (Wildman–Crippen LogP) is 0.684. The molecule has 0 saturated heterocycles. The molecule has 0 spiro atoms. The maximum atomic E-state index is 11.8. The molecule has 0 aliphatic heterocycles. The molecule has 0 aliphatic rings. The number of ether oxygens (including phenoxy) is 3. The number of rotatable bonds is 8. The monoisotopic (exact) mass is 282 g/mol. The van der Waals surface area contributed by atoms with Gasteiger partial charge < -0.3 is 25.3 Å². The topological polar surface area (TPSA) is 82.8 Å². The average Bonchev–Trinajstić information content (AvgIpc) is 2.49. The number of methoxy groups -OCH3 is 3. The van der Waals surface area contributed by atoms with E-state index in [2.05, 4.69) is 5.32 Å². The molecule has 6 nitrogen and oxygen atoms in total. The Hall–Kier alpha value is -1.79. The van der Waals surface area contributed by atoms with Crippen molar-refractivity contribution in [3.05, 3.63) is 23.8 Å². The van der Waals surface area contributed by atoms with Crippen LogP contribution < -0.4 is 20.5 Å². The van der Waals surface area contributed by atoms with E-state index in [1.807, 2.05) is 6.07 Å². The number of hydrogen-bond acceptors (Lipinski definition) is 5. The van der Waals surface area contributed by atoms with Gasteiger partial charge in [0.25, 0.3) is 0 Å². The van der Waals surface area contributed by atoms with Crippen LogP contribution in [0.4, 0.5) is 0 Å². The van der Waals surface area contributed by atoms with Crippen molar-refractivity contribution in [3.8, 4) is 11.5 Å². The summed E-state index contributed by atoms with van der Waals surface area (Å²) in [6, 6.07) is 4.84. The van der Waals surface area contributed by atoms with Gasteiger partial charge in [-0.05, 0) is 24.6 Å². The Morgan fingerprint density at radius 2 is 2.05 bits per heavy atom. The Morgan fingerprint density at radius 3 is 2.65 bits per heavy atom. The van der Waals surface area contributed by atoms with Crippen LogP contribution in [0.5, 0.6) is 11.5 Å². The van der Waals surface area contributed by atoms with Crippen molar-refractivity contribution < 1.29 is 19.0 Å². The zero-order valence-corrected chi connectivity index (χ0v) is 12.1. The van der Waals surface area contributed by atoms with Crippen LogP contribution in [0.25, 0.3) is 0 Å². The van der Waals surface area contributed by atoms with Gasteiger partial charge >= 0.3 is 0 Å². The van der Waals surface area contributed by atoms with E-state index in [-0.39, 0.29) is 5.91 Å². The summed E-state index contributed by atoms with van der Waals surface area (Å²) in [4.78, 5) is 11.8. The zero-order chi connectivity index (χ0) is 15.0. The molecule has 0 heterocycles. The minimum absolute atomic E-state index is 0.216. The van der Waals surface area contributed by atoms with E-state index in [1.165, 1.54) is 0 Å². The Bertz CT molecular complexity index is 437. The van der Waals surface area contributed by atoms with Crippen molar-refractivity contribution in [1.29, 1.82) is 0 Å². The highest BCUT2D eigenvalue weighted by molar-refractivity contribution is 5.81. The third-order valence-corrected chi connectivity index (χ3v) is 2.91. The molecule has 20 heavy (non-hydrogen) atoms. The average molecular weight is 282 g/mol. The van der Waals surface area contributed by atoms with Gasteiger partial charge in [0.05, 0.1) is 20.3 Å². The van der Waals surface area contributed by atoms with Crippen LogP contribution in [-0.2, 0) is 16.1 Å². The third kappa shape index (κ3) is 4.71. The molecular weight excluding hydrogens is 260 g/mol. The lowest BCUT2D eigenvalue weighted by Gasteiger charge is -2.14. The fraction of sp³-hybridized carbons (Fsp3) is 0.500. The molecular formula is C14H22N2O4. The first kappa shape index (κ1) is 16.3. The number of benzene rings is 1. The van der Waals surface area contributed by atoms with Gasteiger partial charge in [0.15, 0.2) is 0 Å². The van der Waals surface area contributed by atoms with E-state index >= 15 is 0 Å². The number of nitrogens with one attached hydrogen (secondary N) is 1. The van der Waals surface area contributed by atoms with Gasteiger partial charge in [-0.15, -0.1) is 0 Å². The minimum atomic E-state index is -0.577. The zero-order valence-electron chi connectivity index (χ0n) is 12.1. The second kappa shape index (κ2) is 8.39. The standard InChI is InChI=1S/C14H22N2O4/c1-18-7-6-12(15)14(17)16-9-10-8-11(19-2)4-5-13(10)20-3/h4-5,8,12H,6-7,9,15H2,1-3H3,(H,16,17). The SMILES string of the molecule is COCCC(N)C(=O)NCc1cc(OC)ccc1OC. The summed E-state index contributed by atoms with van der Waals surface area (Å²) in [6.45, 7) is 0.789. The number of carbonyl (C=O) groups excluding carboxylic acids is 1. The molecule has 0 radical (unpaired) electrons. The van der Waals surface area contributed by atoms with Gasteiger partial charge in [0.1, 0.15) is 11.5 Å². The normalized spacial score (nSPS) is 11.8. The highest BCUT2D eigenvalue weighted by atomic mass is 16.5. The van der Waals surface area contributed by atoms with Gasteiger partial charge in [-0.2, -0.15) is 0 Å². The molecule has 1 aromatic rings. The molecule has 0 aliphatic carbocycles. The predicted molar refractivity (Wildman–Crippen MR) is 75.9 cm³/mol. The first-order valence-electron chi connectivity index (χ1n) is 6.35. The molecule has 112 valence electrons. The third-order valence-electron chi connectivity index (χ3n) is 2.91. The van der Waals surface area contributed by atoms with Gasteiger partial charge in [-0.3, -0.25) is 4.79 Å². The largest absolute Gasteiger partial charge is 0.497 e. The molecule has 0 saturated carbocycles. The van der Waals surface area contributed by atoms with E-state index in [0.29, 0.717) is 31.1 Å². The number of nitrogens with two attached hydrogens (primary N) is 1. The quantitative estimate of drug-likeness (QED) is 0.733. The van der Waals surface area contributed by atoms with E-state index in [9.17, 15) is 4.79 Å². The van der Waals surface area contributed by atoms with E-state index in [4.69, 9.17) is 19.9 Å². The molecule has 0 aromatic heterocycles. The molecule has 0 bridgehead atoms. The Kier molecular flexibility index (Phi) is 6.83. The second-order valence-corrected chi connectivity index (χ2v) is 4.28. The Labute approximate surface area is 119 Å². The fourth-order valence-corrected chi connectivity index (χ4v) is 1.71. The Morgan fingerprint density at radius 1 is 1.30 bits per heavy atom. The van der Waals surface area contributed by atoms with Crippen molar-refractivity contribution >= 4 is 5.91 Å². The van der Waals surface area contributed by atoms with Gasteiger partial charge in [-0.1, -0.05) is 0 Å². The first-order valence-corrected chi connectivity index (χ1v) is 6.35. The van der Waals surface area contributed by atoms with Crippen LogP contribution in [-0.4, -0.2) is 39.9 Å². The smallest absolute Gasteiger partial charge is 0.237 e. The van der Waals surface area contributed by atoms with Crippen molar-refractivity contribution in [3.63, 3.8) is 0 Å². The van der Waals surface area contributed by atoms with Crippen LogP contribution in [0.2, 0.25) is 0 Å². The van der Waals surface area contributed by atoms with Crippen molar-refractivity contribution in [2.24, 2.45) is 5.73 Å². The summed E-state index contributed by atoms with van der Waals surface area (Å²) in [7, 11) is 4.74. The fourth-order valence-electron chi connectivity index (χ4n) is 1.71. The lowest BCUT2D eigenvalue weighted by atomic mass is 10.1. The lowest BCUT2D eigenvalue weighted by molar-refractivity contribution is -0.122. The van der Waals surface area contributed by atoms with E-state index < -0.39 is 6.04 Å². The van der Waals surface area contributed by atoms with Crippen LogP contribution in [0.15, 0.2) is 18.2 Å². The first-order chi connectivity index (χ1) is 9.62. The summed E-state index contributed by atoms with van der Waals surface area (Å²) in [5, 5.41) is 2.78. The number of carbonyl (C=O) groups is 1. The van der Waals surface area contributed by atoms with Crippen molar-refractivity contribution in [2.45, 2.75) is 19.0 Å². The van der Waals surface area contributed by atoms with Crippen LogP contribution in [0.3, 0.4) is 0 Å². The van der Waals surface area contributed by atoms with Crippen molar-refractivity contribution in [1.82, 2.24) is 5.32 Å². The molecule has 6 heteroatoms. The highest BCUT2D eigenvalue weighted by Gasteiger charge is 2.13. The minimum Gasteiger partial charge on any atom is -0.497 e. The van der Waals surface area contributed by atoms with Gasteiger partial charge in [-0.25, -0.2) is 0 Å². The summed E-state index contributed by atoms with van der Waals surface area (Å²) in [5.41, 5.74) is 6.58. The second-order valence-electron chi connectivity index (χ2n) is 4.28. The number of hydrogen-bond donors (Lipinski definition) is 2. The molecule has 1 rings (SSSR count). The Balaban J connectivity index is 2.62. The molecule has 1 amide bonds. The van der Waals surface area contributed by atoms with E-state index in [0.717, 1.165) is 5.56 Å².